The van der Waals surface area contributed by atoms with Gasteiger partial charge in [0.25, 0.3) is 10.0 Å². The van der Waals surface area contributed by atoms with E-state index in [0.29, 0.717) is 5.69 Å². The van der Waals surface area contributed by atoms with Crippen molar-refractivity contribution < 1.29 is 8.42 Å². The minimum atomic E-state index is -3.83. The highest BCUT2D eigenvalue weighted by molar-refractivity contribution is 7.92. The molecule has 108 valence electrons. The van der Waals surface area contributed by atoms with Crippen molar-refractivity contribution in [2.45, 2.75) is 4.90 Å². The first-order valence-corrected chi connectivity index (χ1v) is 7.58. The molecule has 1 aromatic carbocycles. The molecule has 0 amide bonds. The fourth-order valence-electron chi connectivity index (χ4n) is 1.72. The molecule has 0 saturated carbocycles. The molecular weight excluding hydrogens is 312 g/mol. The maximum absolute atomic E-state index is 12.5. The van der Waals surface area contributed by atoms with E-state index >= 15 is 0 Å². The Kier molecular flexibility index (Phi) is 4.02. The number of sulfonamides is 1. The molecule has 0 saturated heterocycles. The number of aromatic nitrogens is 1. The second-order valence-corrected chi connectivity index (χ2v) is 6.54. The molecular formula is C13H11ClN4O2S. The second kappa shape index (κ2) is 5.60. The summed E-state index contributed by atoms with van der Waals surface area (Å²) in [6.45, 7) is 0. The number of anilines is 2. The first-order valence-electron chi connectivity index (χ1n) is 5.76. The summed E-state index contributed by atoms with van der Waals surface area (Å²) in [6, 6.07) is 7.30. The monoisotopic (exact) mass is 322 g/mol. The Balaban J connectivity index is 2.50. The maximum Gasteiger partial charge on any atom is 0.264 e. The Morgan fingerprint density at radius 3 is 2.67 bits per heavy atom. The standard InChI is InChI=1S/C13H11ClN4O2S/c1-18(13-4-5-17-8-12(13)16)21(19,20)10-3-2-9(7-15)11(14)6-10/h2-6,8H,16H2,1H3. The van der Waals surface area contributed by atoms with Crippen LogP contribution in [0.5, 0.6) is 0 Å². The first kappa shape index (κ1) is 15.1. The van der Waals surface area contributed by atoms with Gasteiger partial charge in [0.15, 0.2) is 0 Å². The van der Waals surface area contributed by atoms with Crippen molar-refractivity contribution >= 4 is 33.0 Å². The van der Waals surface area contributed by atoms with Crippen LogP contribution < -0.4 is 10.0 Å². The Morgan fingerprint density at radius 2 is 2.10 bits per heavy atom. The molecule has 0 fully saturated rings. The van der Waals surface area contributed by atoms with Gasteiger partial charge < -0.3 is 5.73 Å². The zero-order valence-electron chi connectivity index (χ0n) is 11.0. The largest absolute Gasteiger partial charge is 0.396 e. The third-order valence-corrected chi connectivity index (χ3v) is 4.97. The van der Waals surface area contributed by atoms with E-state index in [0.717, 1.165) is 4.31 Å². The van der Waals surface area contributed by atoms with Gasteiger partial charge in [-0.25, -0.2) is 8.42 Å². The van der Waals surface area contributed by atoms with Crippen LogP contribution in [0, 0.1) is 11.3 Å². The molecule has 6 nitrogen and oxygen atoms in total. The summed E-state index contributed by atoms with van der Waals surface area (Å²) in [6.07, 6.45) is 2.82. The number of nitriles is 1. The van der Waals surface area contributed by atoms with Crippen LogP contribution in [0.15, 0.2) is 41.6 Å². The third-order valence-electron chi connectivity index (χ3n) is 2.89. The van der Waals surface area contributed by atoms with Crippen molar-refractivity contribution in [3.8, 4) is 6.07 Å². The van der Waals surface area contributed by atoms with Crippen LogP contribution in [0.2, 0.25) is 5.02 Å². The van der Waals surface area contributed by atoms with Crippen LogP contribution in [-0.4, -0.2) is 20.4 Å². The zero-order valence-corrected chi connectivity index (χ0v) is 12.6. The van der Waals surface area contributed by atoms with Gasteiger partial charge in [-0.05, 0) is 24.3 Å². The van der Waals surface area contributed by atoms with Crippen LogP contribution in [0.1, 0.15) is 5.56 Å². The number of rotatable bonds is 3. The number of benzene rings is 1. The number of hydrogen-bond acceptors (Lipinski definition) is 5. The Morgan fingerprint density at radius 1 is 1.38 bits per heavy atom. The second-order valence-electron chi connectivity index (χ2n) is 4.16. The Labute approximate surface area is 127 Å². The summed E-state index contributed by atoms with van der Waals surface area (Å²) in [4.78, 5) is 3.79. The lowest BCUT2D eigenvalue weighted by molar-refractivity contribution is 0.594. The number of nitrogens with two attached hydrogens (primary N) is 1. The summed E-state index contributed by atoms with van der Waals surface area (Å²) in [5.41, 5.74) is 6.49. The number of nitrogen functional groups attached to an aromatic ring is 1. The van der Waals surface area contributed by atoms with Crippen molar-refractivity contribution in [1.82, 2.24) is 4.98 Å². The van der Waals surface area contributed by atoms with Crippen molar-refractivity contribution in [3.63, 3.8) is 0 Å². The van der Waals surface area contributed by atoms with Crippen LogP contribution in [0.3, 0.4) is 0 Å². The van der Waals surface area contributed by atoms with Crippen LogP contribution >= 0.6 is 11.6 Å². The minimum absolute atomic E-state index is 0.0230. The fourth-order valence-corrected chi connectivity index (χ4v) is 3.26. The normalized spacial score (nSPS) is 10.9. The Bertz CT molecular complexity index is 830. The van der Waals surface area contributed by atoms with Gasteiger partial charge >= 0.3 is 0 Å². The highest BCUT2D eigenvalue weighted by atomic mass is 35.5. The van der Waals surface area contributed by atoms with E-state index in [1.807, 2.05) is 6.07 Å². The van der Waals surface area contributed by atoms with Crippen molar-refractivity contribution in [2.75, 3.05) is 17.1 Å². The van der Waals surface area contributed by atoms with E-state index in [1.54, 1.807) is 0 Å². The molecule has 0 spiro atoms. The Hall–Kier alpha value is -2.30. The molecule has 0 atom stereocenters. The maximum atomic E-state index is 12.5. The number of hydrogen-bond donors (Lipinski definition) is 1. The van der Waals surface area contributed by atoms with E-state index < -0.39 is 10.0 Å². The molecule has 0 bridgehead atoms. The van der Waals surface area contributed by atoms with E-state index in [2.05, 4.69) is 4.98 Å². The molecule has 2 aromatic rings. The molecule has 21 heavy (non-hydrogen) atoms. The van der Waals surface area contributed by atoms with Gasteiger partial charge in [-0.3, -0.25) is 9.29 Å². The smallest absolute Gasteiger partial charge is 0.264 e. The van der Waals surface area contributed by atoms with Crippen LogP contribution in [0.25, 0.3) is 0 Å². The summed E-state index contributed by atoms with van der Waals surface area (Å²) in [5, 5.41) is 8.90. The van der Waals surface area contributed by atoms with E-state index in [4.69, 9.17) is 22.6 Å². The van der Waals surface area contributed by atoms with Crippen LogP contribution in [-0.2, 0) is 10.0 Å². The molecule has 0 aliphatic carbocycles. The lowest BCUT2D eigenvalue weighted by Crippen LogP contribution is -2.27. The van der Waals surface area contributed by atoms with Gasteiger partial charge in [0.05, 0.1) is 33.1 Å². The fraction of sp³-hybridized carbons (Fsp3) is 0.0769. The molecule has 0 radical (unpaired) electrons. The molecule has 0 aliphatic rings. The highest BCUT2D eigenvalue weighted by Gasteiger charge is 2.23. The van der Waals surface area contributed by atoms with Gasteiger partial charge in [-0.15, -0.1) is 0 Å². The summed E-state index contributed by atoms with van der Waals surface area (Å²) in [5.74, 6) is 0. The SMILES string of the molecule is CN(c1ccncc1N)S(=O)(=O)c1ccc(C#N)c(Cl)c1. The number of nitrogens with zero attached hydrogens (tertiary/aromatic N) is 3. The average molecular weight is 323 g/mol. The van der Waals surface area contributed by atoms with Crippen molar-refractivity contribution in [3.05, 3.63) is 47.2 Å². The quantitative estimate of drug-likeness (QED) is 0.931. The lowest BCUT2D eigenvalue weighted by atomic mass is 10.2. The van der Waals surface area contributed by atoms with E-state index in [9.17, 15) is 8.42 Å². The molecule has 1 heterocycles. The van der Waals surface area contributed by atoms with Gasteiger partial charge in [-0.1, -0.05) is 11.6 Å². The van der Waals surface area contributed by atoms with Crippen LogP contribution in [0.4, 0.5) is 11.4 Å². The van der Waals surface area contributed by atoms with E-state index in [-0.39, 0.29) is 21.2 Å². The molecule has 2 N–H and O–H groups in total. The van der Waals surface area contributed by atoms with Crippen molar-refractivity contribution in [1.29, 1.82) is 5.26 Å². The minimum Gasteiger partial charge on any atom is -0.396 e. The highest BCUT2D eigenvalue weighted by Crippen LogP contribution is 2.28. The molecule has 8 heteroatoms. The van der Waals surface area contributed by atoms with Crippen molar-refractivity contribution in [2.24, 2.45) is 0 Å². The lowest BCUT2D eigenvalue weighted by Gasteiger charge is -2.20. The molecule has 1 aromatic heterocycles. The predicted molar refractivity (Wildman–Crippen MR) is 80.4 cm³/mol. The number of pyridine rings is 1. The topological polar surface area (TPSA) is 100 Å². The number of halogens is 1. The molecule has 0 aliphatic heterocycles. The predicted octanol–water partition coefficient (Wildman–Crippen LogP) is 2.01. The summed E-state index contributed by atoms with van der Waals surface area (Å²) < 4.78 is 26.1. The van der Waals surface area contributed by atoms with E-state index in [1.165, 1.54) is 43.7 Å². The summed E-state index contributed by atoms with van der Waals surface area (Å²) >= 11 is 5.88. The third kappa shape index (κ3) is 2.77. The first-order chi connectivity index (χ1) is 9.87. The average Bonchev–Trinajstić information content (AvgIpc) is 2.47. The molecule has 2 rings (SSSR count). The summed E-state index contributed by atoms with van der Waals surface area (Å²) in [7, 11) is -2.45. The van der Waals surface area contributed by atoms with Gasteiger partial charge in [-0.2, -0.15) is 5.26 Å². The zero-order chi connectivity index (χ0) is 15.6. The van der Waals surface area contributed by atoms with Gasteiger partial charge in [0.2, 0.25) is 0 Å². The van der Waals surface area contributed by atoms with Gasteiger partial charge in [0.1, 0.15) is 6.07 Å². The van der Waals surface area contributed by atoms with Gasteiger partial charge in [0, 0.05) is 13.2 Å². The molecule has 0 unspecified atom stereocenters.